The topological polar surface area (TPSA) is 114 Å². The van der Waals surface area contributed by atoms with Crippen molar-refractivity contribution in [3.8, 4) is 11.5 Å². The summed E-state index contributed by atoms with van der Waals surface area (Å²) in [6.07, 6.45) is 2.02. The maximum atomic E-state index is 12.8. The number of thiocarbonyl (C=S) groups is 1. The number of ether oxygens (including phenoxy) is 2. The van der Waals surface area contributed by atoms with E-state index in [-0.39, 0.29) is 23.8 Å². The van der Waals surface area contributed by atoms with E-state index in [0.29, 0.717) is 27.1 Å². The molecule has 2 aromatic rings. The molecule has 0 saturated carbocycles. The van der Waals surface area contributed by atoms with Crippen molar-refractivity contribution in [2.75, 3.05) is 20.8 Å². The van der Waals surface area contributed by atoms with Crippen LogP contribution in [-0.2, 0) is 19.6 Å². The number of thioether (sulfide) groups is 1. The third-order valence-electron chi connectivity index (χ3n) is 4.74. The van der Waals surface area contributed by atoms with Crippen molar-refractivity contribution >= 4 is 56.2 Å². The minimum Gasteiger partial charge on any atom is -0.493 e. The first-order valence-electron chi connectivity index (χ1n) is 10.1. The summed E-state index contributed by atoms with van der Waals surface area (Å²) in [6.45, 7) is 0.229. The van der Waals surface area contributed by atoms with E-state index >= 15 is 0 Å². The van der Waals surface area contributed by atoms with Crippen molar-refractivity contribution in [1.82, 2.24) is 15.2 Å². The Balaban J connectivity index is 1.53. The van der Waals surface area contributed by atoms with E-state index < -0.39 is 15.9 Å². The highest BCUT2D eigenvalue weighted by Gasteiger charge is 2.31. The molecule has 12 heteroatoms. The number of hydrogen-bond acceptors (Lipinski definition) is 8. The van der Waals surface area contributed by atoms with Crippen LogP contribution < -0.4 is 19.7 Å². The number of nitrogens with zero attached hydrogens (tertiary/aromatic N) is 1. The van der Waals surface area contributed by atoms with Crippen LogP contribution in [-0.4, -0.2) is 50.2 Å². The van der Waals surface area contributed by atoms with Crippen molar-refractivity contribution in [2.45, 2.75) is 17.7 Å². The molecule has 2 aromatic carbocycles. The molecule has 0 spiro atoms. The zero-order valence-corrected chi connectivity index (χ0v) is 20.9. The minimum atomic E-state index is -3.86. The Morgan fingerprint density at radius 3 is 2.50 bits per heavy atom. The van der Waals surface area contributed by atoms with Crippen molar-refractivity contribution < 1.29 is 27.5 Å². The van der Waals surface area contributed by atoms with Gasteiger partial charge in [-0.15, -0.1) is 4.83 Å². The number of rotatable bonds is 10. The fourth-order valence-electron chi connectivity index (χ4n) is 3.03. The minimum absolute atomic E-state index is 0.00307. The smallest absolute Gasteiger partial charge is 0.266 e. The van der Waals surface area contributed by atoms with Gasteiger partial charge in [-0.25, -0.2) is 8.42 Å². The average molecular weight is 522 g/mol. The molecule has 1 heterocycles. The largest absolute Gasteiger partial charge is 0.493 e. The molecule has 34 heavy (non-hydrogen) atoms. The summed E-state index contributed by atoms with van der Waals surface area (Å²) in [5, 5.41) is 0. The second-order valence-corrected chi connectivity index (χ2v) is 10.4. The predicted octanol–water partition coefficient (Wildman–Crippen LogP) is 2.69. The lowest BCUT2D eigenvalue weighted by Crippen LogP contribution is -2.41. The Hall–Kier alpha value is -2.93. The van der Waals surface area contributed by atoms with Crippen LogP contribution in [0.25, 0.3) is 6.08 Å². The molecule has 1 saturated heterocycles. The lowest BCUT2D eigenvalue weighted by Gasteiger charge is -2.14. The standard InChI is InChI=1S/C22H23N3O6S3/c1-30-17-11-10-15(13-18(17)31-2)14-19-21(27)25(22(32)33-19)12-6-9-20(26)23-24-34(28,29)16-7-4-3-5-8-16/h3-5,7-8,10-11,13-14,24H,6,9,12H2,1-2H3,(H,23,26). The summed E-state index contributed by atoms with van der Waals surface area (Å²) < 4.78 is 35.2. The first-order chi connectivity index (χ1) is 16.2. The van der Waals surface area contributed by atoms with Gasteiger partial charge in [-0.2, -0.15) is 0 Å². The molecule has 0 atom stereocenters. The van der Waals surface area contributed by atoms with E-state index in [9.17, 15) is 18.0 Å². The highest BCUT2D eigenvalue weighted by Crippen LogP contribution is 2.34. The first kappa shape index (κ1) is 25.7. The fourth-order valence-corrected chi connectivity index (χ4v) is 5.22. The van der Waals surface area contributed by atoms with Gasteiger partial charge >= 0.3 is 0 Å². The molecule has 0 radical (unpaired) electrons. The third kappa shape index (κ3) is 6.35. The first-order valence-corrected chi connectivity index (χ1v) is 12.8. The van der Waals surface area contributed by atoms with Gasteiger partial charge in [-0.05, 0) is 42.3 Å². The zero-order valence-electron chi connectivity index (χ0n) is 18.4. The summed E-state index contributed by atoms with van der Waals surface area (Å²) in [7, 11) is -0.781. The highest BCUT2D eigenvalue weighted by molar-refractivity contribution is 8.26. The van der Waals surface area contributed by atoms with Crippen LogP contribution in [0, 0.1) is 0 Å². The molecular formula is C22H23N3O6S3. The Labute approximate surface area is 207 Å². The Bertz CT molecular complexity index is 1220. The molecule has 3 rings (SSSR count). The molecule has 0 aliphatic carbocycles. The lowest BCUT2D eigenvalue weighted by atomic mass is 10.2. The van der Waals surface area contributed by atoms with E-state index in [1.165, 1.54) is 35.9 Å². The molecule has 1 aliphatic rings. The summed E-state index contributed by atoms with van der Waals surface area (Å²) in [6, 6.07) is 13.0. The van der Waals surface area contributed by atoms with E-state index in [4.69, 9.17) is 21.7 Å². The molecule has 2 N–H and O–H groups in total. The van der Waals surface area contributed by atoms with Crippen molar-refractivity contribution in [2.24, 2.45) is 0 Å². The lowest BCUT2D eigenvalue weighted by molar-refractivity contribution is -0.124. The van der Waals surface area contributed by atoms with Gasteiger partial charge in [-0.1, -0.05) is 48.2 Å². The summed E-state index contributed by atoms with van der Waals surface area (Å²) in [5.41, 5.74) is 2.93. The fraction of sp³-hybridized carbons (Fsp3) is 0.227. The van der Waals surface area contributed by atoms with Gasteiger partial charge in [0.15, 0.2) is 11.5 Å². The molecule has 180 valence electrons. The molecule has 0 unspecified atom stereocenters. The molecular weight excluding hydrogens is 498 g/mol. The number of benzene rings is 2. The van der Waals surface area contributed by atoms with Crippen molar-refractivity contribution in [3.05, 3.63) is 59.0 Å². The van der Waals surface area contributed by atoms with Crippen LogP contribution in [0.4, 0.5) is 0 Å². The Kier molecular flexibility index (Phi) is 8.67. The summed E-state index contributed by atoms with van der Waals surface area (Å²) >= 11 is 6.50. The number of nitrogens with one attached hydrogen (secondary N) is 2. The van der Waals surface area contributed by atoms with Crippen LogP contribution in [0.1, 0.15) is 18.4 Å². The van der Waals surface area contributed by atoms with Gasteiger partial charge in [0.1, 0.15) is 4.32 Å². The van der Waals surface area contributed by atoms with E-state index in [1.807, 2.05) is 0 Å². The SMILES string of the molecule is COc1ccc(C=C2SC(=S)N(CCCC(=O)NNS(=O)(=O)c3ccccc3)C2=O)cc1OC. The van der Waals surface area contributed by atoms with Gasteiger partial charge in [0.2, 0.25) is 5.91 Å². The molecule has 0 bridgehead atoms. The summed E-state index contributed by atoms with van der Waals surface area (Å²) in [5.74, 6) is 0.345. The van der Waals surface area contributed by atoms with E-state index in [2.05, 4.69) is 10.3 Å². The van der Waals surface area contributed by atoms with E-state index in [0.717, 1.165) is 5.56 Å². The van der Waals surface area contributed by atoms with Gasteiger partial charge < -0.3 is 9.47 Å². The number of methoxy groups -OCH3 is 2. The molecule has 0 aromatic heterocycles. The number of hydrogen-bond donors (Lipinski definition) is 2. The number of carbonyl (C=O) groups excluding carboxylic acids is 2. The van der Waals surface area contributed by atoms with Gasteiger partial charge in [0.25, 0.3) is 15.9 Å². The van der Waals surface area contributed by atoms with Crippen LogP contribution in [0.2, 0.25) is 0 Å². The van der Waals surface area contributed by atoms with Gasteiger partial charge in [-0.3, -0.25) is 19.9 Å². The molecule has 9 nitrogen and oxygen atoms in total. The van der Waals surface area contributed by atoms with Crippen LogP contribution in [0.15, 0.2) is 58.3 Å². The highest BCUT2D eigenvalue weighted by atomic mass is 32.2. The summed E-state index contributed by atoms with van der Waals surface area (Å²) in [4.78, 5) is 28.8. The second-order valence-electron chi connectivity index (χ2n) is 7.02. The maximum Gasteiger partial charge on any atom is 0.266 e. The van der Waals surface area contributed by atoms with Crippen LogP contribution >= 0.6 is 24.0 Å². The van der Waals surface area contributed by atoms with Crippen LogP contribution in [0.5, 0.6) is 11.5 Å². The number of amides is 2. The van der Waals surface area contributed by atoms with E-state index in [1.54, 1.807) is 49.6 Å². The van der Waals surface area contributed by atoms with Crippen molar-refractivity contribution in [3.63, 3.8) is 0 Å². The monoisotopic (exact) mass is 521 g/mol. The third-order valence-corrected chi connectivity index (χ3v) is 7.38. The Morgan fingerprint density at radius 2 is 1.82 bits per heavy atom. The number of sulfonamides is 1. The Morgan fingerprint density at radius 1 is 1.12 bits per heavy atom. The zero-order chi connectivity index (χ0) is 24.7. The van der Waals surface area contributed by atoms with Gasteiger partial charge in [0.05, 0.1) is 24.0 Å². The molecule has 1 aliphatic heterocycles. The average Bonchev–Trinajstić information content (AvgIpc) is 3.10. The maximum absolute atomic E-state index is 12.8. The molecule has 1 fully saturated rings. The molecule has 2 amide bonds. The quantitative estimate of drug-likeness (QED) is 0.279. The van der Waals surface area contributed by atoms with Gasteiger partial charge in [0, 0.05) is 13.0 Å². The number of hydrazine groups is 1. The normalized spacial score (nSPS) is 15.0. The van der Waals surface area contributed by atoms with Crippen molar-refractivity contribution in [1.29, 1.82) is 0 Å². The number of carbonyl (C=O) groups is 2. The van der Waals surface area contributed by atoms with Crippen LogP contribution in [0.3, 0.4) is 0 Å². The predicted molar refractivity (Wildman–Crippen MR) is 134 cm³/mol. The second kappa shape index (κ2) is 11.5.